The molecule has 2 amide bonds. The lowest BCUT2D eigenvalue weighted by atomic mass is 10.3. The Balaban J connectivity index is 2.10. The van der Waals surface area contributed by atoms with Crippen LogP contribution in [-0.2, 0) is 4.79 Å². The largest absolute Gasteiger partial charge is 0.480 e. The molecule has 1 aliphatic heterocycles. The molecule has 2 atom stereocenters. The molecule has 2 unspecified atom stereocenters. The molecule has 1 aliphatic rings. The van der Waals surface area contributed by atoms with Gasteiger partial charge in [0.2, 0.25) is 0 Å². The summed E-state index contributed by atoms with van der Waals surface area (Å²) < 4.78 is 0. The first-order valence-electron chi connectivity index (χ1n) is 5.43. The molecule has 7 heteroatoms. The average molecular weight is 267 g/mol. The van der Waals surface area contributed by atoms with Crippen LogP contribution in [0.1, 0.15) is 6.92 Å². The number of aromatic nitrogens is 1. The standard InChI is InChI=1S/C11H13N3O3S/c1-7-14(9(6-18-7)10(15)16)11(17)13-8-3-2-4-12-5-8/h2-5,7,9H,6H2,1H3,(H,13,17)(H,15,16). The van der Waals surface area contributed by atoms with Gasteiger partial charge >= 0.3 is 12.0 Å². The third kappa shape index (κ3) is 2.56. The van der Waals surface area contributed by atoms with Gasteiger partial charge in [0.1, 0.15) is 6.04 Å². The number of urea groups is 1. The Morgan fingerprint density at radius 1 is 1.61 bits per heavy atom. The zero-order valence-corrected chi connectivity index (χ0v) is 10.6. The van der Waals surface area contributed by atoms with E-state index in [-0.39, 0.29) is 5.37 Å². The predicted molar refractivity (Wildman–Crippen MR) is 68.4 cm³/mol. The molecule has 0 bridgehead atoms. The highest BCUT2D eigenvalue weighted by Gasteiger charge is 2.39. The van der Waals surface area contributed by atoms with Crippen LogP contribution in [0.15, 0.2) is 24.5 Å². The topological polar surface area (TPSA) is 82.5 Å². The van der Waals surface area contributed by atoms with Gasteiger partial charge in [-0.1, -0.05) is 0 Å². The summed E-state index contributed by atoms with van der Waals surface area (Å²) in [6, 6.07) is 2.22. The second-order valence-electron chi connectivity index (χ2n) is 3.87. The maximum absolute atomic E-state index is 12.1. The van der Waals surface area contributed by atoms with Gasteiger partial charge in [-0.3, -0.25) is 9.88 Å². The summed E-state index contributed by atoms with van der Waals surface area (Å²) in [4.78, 5) is 28.3. The third-order valence-electron chi connectivity index (χ3n) is 2.66. The molecule has 18 heavy (non-hydrogen) atoms. The number of nitrogens with zero attached hydrogens (tertiary/aromatic N) is 2. The molecular formula is C11H13N3O3S. The van der Waals surface area contributed by atoms with Crippen LogP contribution in [0.25, 0.3) is 0 Å². The lowest BCUT2D eigenvalue weighted by Crippen LogP contribution is -2.46. The Bertz CT molecular complexity index is 454. The first-order chi connectivity index (χ1) is 8.59. The van der Waals surface area contributed by atoms with Crippen molar-refractivity contribution in [2.24, 2.45) is 0 Å². The zero-order valence-electron chi connectivity index (χ0n) is 9.74. The van der Waals surface area contributed by atoms with Crippen LogP contribution in [0.4, 0.5) is 10.5 Å². The Hall–Kier alpha value is -1.76. The van der Waals surface area contributed by atoms with Gasteiger partial charge in [-0.25, -0.2) is 9.59 Å². The lowest BCUT2D eigenvalue weighted by molar-refractivity contribution is -0.141. The molecule has 2 rings (SSSR count). The number of hydrogen-bond donors (Lipinski definition) is 2. The summed E-state index contributed by atoms with van der Waals surface area (Å²) in [5, 5.41) is 11.6. The van der Waals surface area contributed by atoms with Crippen molar-refractivity contribution in [3.8, 4) is 0 Å². The highest BCUT2D eigenvalue weighted by atomic mass is 32.2. The molecule has 0 aromatic carbocycles. The van der Waals surface area contributed by atoms with E-state index >= 15 is 0 Å². The molecular weight excluding hydrogens is 254 g/mol. The number of anilines is 1. The quantitative estimate of drug-likeness (QED) is 0.847. The van der Waals surface area contributed by atoms with E-state index < -0.39 is 18.0 Å². The summed E-state index contributed by atoms with van der Waals surface area (Å²) in [5.41, 5.74) is 0.552. The van der Waals surface area contributed by atoms with Gasteiger partial charge in [0.05, 0.1) is 17.3 Å². The van der Waals surface area contributed by atoms with E-state index in [4.69, 9.17) is 5.11 Å². The van der Waals surface area contributed by atoms with Crippen molar-refractivity contribution in [3.63, 3.8) is 0 Å². The summed E-state index contributed by atoms with van der Waals surface area (Å²) in [5.74, 6) is -0.565. The lowest BCUT2D eigenvalue weighted by Gasteiger charge is -2.25. The zero-order chi connectivity index (χ0) is 13.1. The number of carbonyl (C=O) groups is 2. The number of nitrogens with one attached hydrogen (secondary N) is 1. The van der Waals surface area contributed by atoms with Crippen LogP contribution in [-0.4, -0.2) is 44.2 Å². The molecule has 1 saturated heterocycles. The van der Waals surface area contributed by atoms with E-state index in [1.54, 1.807) is 18.3 Å². The Labute approximate surface area is 108 Å². The highest BCUT2D eigenvalue weighted by Crippen LogP contribution is 2.29. The number of rotatable bonds is 2. The maximum atomic E-state index is 12.1. The van der Waals surface area contributed by atoms with E-state index in [2.05, 4.69) is 10.3 Å². The first-order valence-corrected chi connectivity index (χ1v) is 6.48. The summed E-state index contributed by atoms with van der Waals surface area (Å²) in [6.45, 7) is 1.82. The molecule has 0 aliphatic carbocycles. The van der Waals surface area contributed by atoms with Crippen LogP contribution in [0.2, 0.25) is 0 Å². The van der Waals surface area contributed by atoms with Crippen molar-refractivity contribution in [1.29, 1.82) is 0 Å². The van der Waals surface area contributed by atoms with Gasteiger partial charge in [-0.05, 0) is 19.1 Å². The minimum atomic E-state index is -0.979. The smallest absolute Gasteiger partial charge is 0.327 e. The molecule has 0 spiro atoms. The minimum Gasteiger partial charge on any atom is -0.480 e. The van der Waals surface area contributed by atoms with Crippen LogP contribution in [0.3, 0.4) is 0 Å². The number of carboxylic acid groups (broad SMARTS) is 1. The van der Waals surface area contributed by atoms with Crippen molar-refractivity contribution < 1.29 is 14.7 Å². The molecule has 1 fully saturated rings. The monoisotopic (exact) mass is 267 g/mol. The molecule has 2 heterocycles. The van der Waals surface area contributed by atoms with Gasteiger partial charge in [-0.15, -0.1) is 11.8 Å². The van der Waals surface area contributed by atoms with Crippen LogP contribution >= 0.6 is 11.8 Å². The number of hydrogen-bond acceptors (Lipinski definition) is 4. The third-order valence-corrected chi connectivity index (χ3v) is 3.87. The average Bonchev–Trinajstić information content (AvgIpc) is 2.72. The summed E-state index contributed by atoms with van der Waals surface area (Å²) >= 11 is 1.45. The van der Waals surface area contributed by atoms with Gasteiger partial charge in [0, 0.05) is 11.9 Å². The number of carboxylic acids is 1. The fourth-order valence-electron chi connectivity index (χ4n) is 1.77. The molecule has 2 N–H and O–H groups in total. The summed E-state index contributed by atoms with van der Waals surface area (Å²) in [6.07, 6.45) is 3.12. The first kappa shape index (κ1) is 12.7. The Morgan fingerprint density at radius 2 is 2.39 bits per heavy atom. The minimum absolute atomic E-state index is 0.150. The van der Waals surface area contributed by atoms with Crippen molar-refractivity contribution in [2.75, 3.05) is 11.1 Å². The second kappa shape index (κ2) is 5.26. The van der Waals surface area contributed by atoms with E-state index in [9.17, 15) is 9.59 Å². The van der Waals surface area contributed by atoms with Gasteiger partial charge in [0.15, 0.2) is 0 Å². The molecule has 6 nitrogen and oxygen atoms in total. The fraction of sp³-hybridized carbons (Fsp3) is 0.364. The van der Waals surface area contributed by atoms with Crippen molar-refractivity contribution in [3.05, 3.63) is 24.5 Å². The van der Waals surface area contributed by atoms with E-state index in [0.29, 0.717) is 11.4 Å². The maximum Gasteiger partial charge on any atom is 0.327 e. The van der Waals surface area contributed by atoms with Crippen LogP contribution in [0, 0.1) is 0 Å². The highest BCUT2D eigenvalue weighted by molar-refractivity contribution is 8.00. The second-order valence-corrected chi connectivity index (χ2v) is 5.21. The Kier molecular flexibility index (Phi) is 3.71. The van der Waals surface area contributed by atoms with Crippen molar-refractivity contribution in [2.45, 2.75) is 18.3 Å². The van der Waals surface area contributed by atoms with Crippen molar-refractivity contribution in [1.82, 2.24) is 9.88 Å². The molecule has 0 radical (unpaired) electrons. The number of pyridine rings is 1. The van der Waals surface area contributed by atoms with Gasteiger partial charge in [0.25, 0.3) is 0 Å². The van der Waals surface area contributed by atoms with E-state index in [1.165, 1.54) is 22.9 Å². The molecule has 96 valence electrons. The molecule has 1 aromatic rings. The fourth-order valence-corrected chi connectivity index (χ4v) is 2.93. The normalized spacial score (nSPS) is 22.8. The summed E-state index contributed by atoms with van der Waals surface area (Å²) in [7, 11) is 0. The number of carbonyl (C=O) groups excluding carboxylic acids is 1. The van der Waals surface area contributed by atoms with Crippen LogP contribution in [0.5, 0.6) is 0 Å². The SMILES string of the molecule is CC1SCC(C(=O)O)N1C(=O)Nc1cccnc1. The number of amides is 2. The van der Waals surface area contributed by atoms with Gasteiger partial charge < -0.3 is 10.4 Å². The number of thioether (sulfide) groups is 1. The predicted octanol–water partition coefficient (Wildman–Crippen LogP) is 1.46. The Morgan fingerprint density at radius 3 is 3.00 bits per heavy atom. The van der Waals surface area contributed by atoms with E-state index in [0.717, 1.165) is 0 Å². The van der Waals surface area contributed by atoms with Crippen molar-refractivity contribution >= 4 is 29.4 Å². The number of aliphatic carboxylic acids is 1. The molecule has 1 aromatic heterocycles. The molecule has 0 saturated carbocycles. The van der Waals surface area contributed by atoms with E-state index in [1.807, 2.05) is 6.92 Å². The van der Waals surface area contributed by atoms with Crippen LogP contribution < -0.4 is 5.32 Å². The van der Waals surface area contributed by atoms with Gasteiger partial charge in [-0.2, -0.15) is 0 Å².